The Morgan fingerprint density at radius 1 is 1.33 bits per heavy atom. The van der Waals surface area contributed by atoms with Gasteiger partial charge >= 0.3 is 5.97 Å². The molecule has 0 saturated heterocycles. The van der Waals surface area contributed by atoms with E-state index in [1.807, 2.05) is 0 Å². The van der Waals surface area contributed by atoms with Gasteiger partial charge in [0.15, 0.2) is 0 Å². The number of hydrogen-bond acceptors (Lipinski definition) is 3. The molecule has 0 unspecified atom stereocenters. The van der Waals surface area contributed by atoms with Crippen LogP contribution in [0, 0.1) is 5.41 Å². The third-order valence-electron chi connectivity index (χ3n) is 2.99. The summed E-state index contributed by atoms with van der Waals surface area (Å²) in [6.07, 6.45) is 1.40. The van der Waals surface area contributed by atoms with Gasteiger partial charge in [0.25, 0.3) is 0 Å². The van der Waals surface area contributed by atoms with Crippen LogP contribution >= 0.6 is 11.6 Å². The van der Waals surface area contributed by atoms with Crippen LogP contribution < -0.4 is 0 Å². The van der Waals surface area contributed by atoms with E-state index in [2.05, 4.69) is 0 Å². The third kappa shape index (κ3) is 1.74. The minimum atomic E-state index is -3.78. The molecule has 1 heterocycles. The van der Waals surface area contributed by atoms with Gasteiger partial charge in [0.05, 0.1) is 15.2 Å². The zero-order valence-electron chi connectivity index (χ0n) is 9.77. The van der Waals surface area contributed by atoms with Crippen LogP contribution in [0.5, 0.6) is 0 Å². The van der Waals surface area contributed by atoms with Gasteiger partial charge in [0.2, 0.25) is 9.84 Å². The Kier molecular flexibility index (Phi) is 2.79. The first-order valence-corrected chi connectivity index (χ1v) is 7.03. The summed E-state index contributed by atoms with van der Waals surface area (Å²) in [5.41, 5.74) is -0.992. The number of carboxylic acid groups (broad SMARTS) is 1. The van der Waals surface area contributed by atoms with Crippen molar-refractivity contribution in [2.24, 2.45) is 5.41 Å². The van der Waals surface area contributed by atoms with Gasteiger partial charge in [0, 0.05) is 5.02 Å². The summed E-state index contributed by atoms with van der Waals surface area (Å²) < 4.78 is 24.6. The predicted molar refractivity (Wildman–Crippen MR) is 68.0 cm³/mol. The second kappa shape index (κ2) is 3.83. The van der Waals surface area contributed by atoms with Crippen LogP contribution in [-0.2, 0) is 14.6 Å². The zero-order chi connectivity index (χ0) is 13.7. The van der Waals surface area contributed by atoms with Gasteiger partial charge in [-0.3, -0.25) is 4.79 Å². The van der Waals surface area contributed by atoms with Gasteiger partial charge < -0.3 is 5.11 Å². The zero-order valence-corrected chi connectivity index (χ0v) is 11.3. The van der Waals surface area contributed by atoms with Crippen molar-refractivity contribution in [3.63, 3.8) is 0 Å². The Morgan fingerprint density at radius 2 is 1.94 bits per heavy atom. The molecule has 0 aromatic heterocycles. The number of benzene rings is 1. The summed E-state index contributed by atoms with van der Waals surface area (Å²) in [7, 11) is -3.78. The van der Waals surface area contributed by atoms with Gasteiger partial charge in [-0.25, -0.2) is 8.42 Å². The lowest BCUT2D eigenvalue weighted by Gasteiger charge is -2.20. The van der Waals surface area contributed by atoms with E-state index in [0.717, 1.165) is 0 Å². The van der Waals surface area contributed by atoms with Gasteiger partial charge in [-0.05, 0) is 37.6 Å². The summed E-state index contributed by atoms with van der Waals surface area (Å²) in [6.45, 7) is 2.73. The van der Waals surface area contributed by atoms with E-state index in [1.54, 1.807) is 12.1 Å². The maximum atomic E-state index is 12.3. The molecule has 1 aliphatic heterocycles. The van der Waals surface area contributed by atoms with Crippen molar-refractivity contribution in [1.29, 1.82) is 0 Å². The lowest BCUT2D eigenvalue weighted by atomic mass is 9.92. The van der Waals surface area contributed by atoms with Crippen molar-refractivity contribution >= 4 is 33.5 Å². The Balaban J connectivity index is 2.68. The summed E-state index contributed by atoms with van der Waals surface area (Å²) in [6, 6.07) is 4.48. The SMILES string of the molecule is CC(C)(C(=O)O)C1=Cc2ccc(Cl)cc2S1(=O)=O. The molecule has 6 heteroatoms. The van der Waals surface area contributed by atoms with E-state index in [9.17, 15) is 13.2 Å². The largest absolute Gasteiger partial charge is 0.481 e. The number of sulfone groups is 1. The van der Waals surface area contributed by atoms with Crippen LogP contribution in [0.3, 0.4) is 0 Å². The molecule has 1 aliphatic rings. The fourth-order valence-corrected chi connectivity index (χ4v) is 4.05. The van der Waals surface area contributed by atoms with E-state index in [1.165, 1.54) is 26.0 Å². The minimum absolute atomic E-state index is 0.0688. The van der Waals surface area contributed by atoms with Crippen molar-refractivity contribution in [3.8, 4) is 0 Å². The van der Waals surface area contributed by atoms with E-state index >= 15 is 0 Å². The Bertz CT molecular complexity index is 671. The number of fused-ring (bicyclic) bond motifs is 1. The highest BCUT2D eigenvalue weighted by molar-refractivity contribution is 7.96. The maximum absolute atomic E-state index is 12.3. The van der Waals surface area contributed by atoms with Crippen molar-refractivity contribution in [3.05, 3.63) is 33.7 Å². The van der Waals surface area contributed by atoms with Gasteiger partial charge in [0.1, 0.15) is 0 Å². The molecule has 96 valence electrons. The number of hydrogen-bond donors (Lipinski definition) is 1. The van der Waals surface area contributed by atoms with E-state index in [4.69, 9.17) is 16.7 Å². The molecular formula is C12H11ClO4S. The van der Waals surface area contributed by atoms with Crippen molar-refractivity contribution in [2.45, 2.75) is 18.7 Å². The van der Waals surface area contributed by atoms with Crippen LogP contribution in [0.4, 0.5) is 0 Å². The molecule has 0 radical (unpaired) electrons. The molecule has 1 aromatic rings. The molecule has 1 aromatic carbocycles. The van der Waals surface area contributed by atoms with Gasteiger partial charge in [-0.15, -0.1) is 0 Å². The van der Waals surface area contributed by atoms with Crippen LogP contribution in [0.2, 0.25) is 5.02 Å². The number of halogens is 1. The monoisotopic (exact) mass is 286 g/mol. The summed E-state index contributed by atoms with van der Waals surface area (Å²) in [5, 5.41) is 9.44. The van der Waals surface area contributed by atoms with E-state index in [-0.39, 0.29) is 9.80 Å². The van der Waals surface area contributed by atoms with Gasteiger partial charge in [-0.2, -0.15) is 0 Å². The molecule has 0 bridgehead atoms. The average Bonchev–Trinajstić information content (AvgIpc) is 2.51. The Hall–Kier alpha value is -1.33. The number of aliphatic carboxylic acids is 1. The molecule has 2 rings (SSSR count). The standard InChI is InChI=1S/C12H11ClO4S/c1-12(2,11(14)15)10-5-7-3-4-8(13)6-9(7)18(10,16)17/h3-6H,1-2H3,(H,14,15). The first-order chi connectivity index (χ1) is 8.17. The second-order valence-electron chi connectivity index (χ2n) is 4.62. The highest BCUT2D eigenvalue weighted by Crippen LogP contribution is 2.43. The van der Waals surface area contributed by atoms with Crippen LogP contribution in [0.15, 0.2) is 28.0 Å². The van der Waals surface area contributed by atoms with Gasteiger partial charge in [-0.1, -0.05) is 17.7 Å². The Morgan fingerprint density at radius 3 is 2.50 bits per heavy atom. The Labute approximate surface area is 110 Å². The fourth-order valence-electron chi connectivity index (χ4n) is 1.82. The maximum Gasteiger partial charge on any atom is 0.314 e. The lowest BCUT2D eigenvalue weighted by Crippen LogP contribution is -2.28. The minimum Gasteiger partial charge on any atom is -0.481 e. The van der Waals surface area contributed by atoms with E-state index < -0.39 is 21.2 Å². The smallest absolute Gasteiger partial charge is 0.314 e. The average molecular weight is 287 g/mol. The summed E-state index contributed by atoms with van der Waals surface area (Å²) in [4.78, 5) is 11.1. The number of carbonyl (C=O) groups is 1. The summed E-state index contributed by atoms with van der Waals surface area (Å²) in [5.74, 6) is -1.18. The first kappa shape index (κ1) is 13.1. The molecule has 0 saturated carbocycles. The van der Waals surface area contributed by atoms with Crippen molar-refractivity contribution in [2.75, 3.05) is 0 Å². The third-order valence-corrected chi connectivity index (χ3v) is 5.37. The molecule has 18 heavy (non-hydrogen) atoms. The molecule has 0 amide bonds. The molecule has 0 fully saturated rings. The molecule has 0 atom stereocenters. The quantitative estimate of drug-likeness (QED) is 0.907. The highest BCUT2D eigenvalue weighted by Gasteiger charge is 2.43. The van der Waals surface area contributed by atoms with Crippen molar-refractivity contribution in [1.82, 2.24) is 0 Å². The molecular weight excluding hydrogens is 276 g/mol. The highest BCUT2D eigenvalue weighted by atomic mass is 35.5. The van der Waals surface area contributed by atoms with Crippen LogP contribution in [-0.4, -0.2) is 19.5 Å². The molecule has 0 spiro atoms. The second-order valence-corrected chi connectivity index (χ2v) is 6.95. The topological polar surface area (TPSA) is 71.4 Å². The van der Waals surface area contributed by atoms with Crippen LogP contribution in [0.25, 0.3) is 6.08 Å². The van der Waals surface area contributed by atoms with E-state index in [0.29, 0.717) is 10.6 Å². The fraction of sp³-hybridized carbons (Fsp3) is 0.250. The normalized spacial score (nSPS) is 17.2. The lowest BCUT2D eigenvalue weighted by molar-refractivity contribution is -0.144. The molecule has 0 aliphatic carbocycles. The predicted octanol–water partition coefficient (Wildman–Crippen LogP) is 2.58. The molecule has 1 N–H and O–H groups in total. The molecule has 4 nitrogen and oxygen atoms in total. The first-order valence-electron chi connectivity index (χ1n) is 5.17. The van der Waals surface area contributed by atoms with Crippen molar-refractivity contribution < 1.29 is 18.3 Å². The van der Waals surface area contributed by atoms with Crippen LogP contribution in [0.1, 0.15) is 19.4 Å². The number of rotatable bonds is 2. The number of carboxylic acids is 1. The summed E-state index contributed by atoms with van der Waals surface area (Å²) >= 11 is 5.77.